The molecule has 1 saturated carbocycles. The fourth-order valence-electron chi connectivity index (χ4n) is 4.35. The van der Waals surface area contributed by atoms with Crippen LogP contribution >= 0.6 is 0 Å². The minimum Gasteiger partial charge on any atom is -0.396 e. The maximum Gasteiger partial charge on any atom is 0.159 e. The highest BCUT2D eigenvalue weighted by molar-refractivity contribution is 5.54. The van der Waals surface area contributed by atoms with Gasteiger partial charge in [-0.2, -0.15) is 0 Å². The molecule has 1 aliphatic carbocycles. The van der Waals surface area contributed by atoms with Gasteiger partial charge in [-0.3, -0.25) is 0 Å². The Bertz CT molecular complexity index is 969. The van der Waals surface area contributed by atoms with E-state index in [0.29, 0.717) is 25.2 Å². The number of aliphatic hydroxyl groups is 2. The molecule has 6 heteroatoms. The van der Waals surface area contributed by atoms with Crippen LogP contribution in [0.2, 0.25) is 0 Å². The lowest BCUT2D eigenvalue weighted by Crippen LogP contribution is -2.36. The third-order valence-corrected chi connectivity index (χ3v) is 5.91. The van der Waals surface area contributed by atoms with Gasteiger partial charge in [-0.1, -0.05) is 42.5 Å². The summed E-state index contributed by atoms with van der Waals surface area (Å²) < 4.78 is 13.5. The second-order valence-corrected chi connectivity index (χ2v) is 7.87. The van der Waals surface area contributed by atoms with Gasteiger partial charge in [-0.05, 0) is 42.5 Å². The molecule has 0 bridgehead atoms. The average Bonchev–Trinajstić information content (AvgIpc) is 3.07. The fourth-order valence-corrected chi connectivity index (χ4v) is 4.35. The van der Waals surface area contributed by atoms with Crippen LogP contribution in [-0.4, -0.2) is 38.9 Å². The molecule has 4 atom stereocenters. The van der Waals surface area contributed by atoms with Crippen molar-refractivity contribution in [2.75, 3.05) is 6.61 Å². The molecule has 2 aromatic carbocycles. The van der Waals surface area contributed by atoms with E-state index in [2.05, 4.69) is 10.3 Å². The lowest BCUT2D eigenvalue weighted by molar-refractivity contribution is 0.0716. The van der Waals surface area contributed by atoms with Crippen LogP contribution in [0, 0.1) is 17.7 Å². The summed E-state index contributed by atoms with van der Waals surface area (Å²) in [4.78, 5) is 9.09. The highest BCUT2D eigenvalue weighted by atomic mass is 19.1. The minimum atomic E-state index is -0.583. The Kier molecular flexibility index (Phi) is 6.47. The number of hydrogen-bond acceptors (Lipinski definition) is 5. The van der Waals surface area contributed by atoms with Crippen LogP contribution in [-0.2, 0) is 13.0 Å². The zero-order chi connectivity index (χ0) is 20.9. The monoisotopic (exact) mass is 407 g/mol. The van der Waals surface area contributed by atoms with Gasteiger partial charge in [0.2, 0.25) is 0 Å². The Morgan fingerprint density at radius 3 is 2.63 bits per heavy atom. The number of halogens is 1. The van der Waals surface area contributed by atoms with Crippen molar-refractivity contribution >= 4 is 0 Å². The molecule has 3 aromatic rings. The minimum absolute atomic E-state index is 0.00411. The van der Waals surface area contributed by atoms with Crippen molar-refractivity contribution < 1.29 is 14.6 Å². The van der Waals surface area contributed by atoms with Crippen LogP contribution in [0.15, 0.2) is 66.9 Å². The van der Waals surface area contributed by atoms with Crippen LogP contribution in [0.5, 0.6) is 0 Å². The molecule has 3 N–H and O–H groups in total. The van der Waals surface area contributed by atoms with Gasteiger partial charge < -0.3 is 15.5 Å². The zero-order valence-electron chi connectivity index (χ0n) is 16.7. The quantitative estimate of drug-likeness (QED) is 0.561. The summed E-state index contributed by atoms with van der Waals surface area (Å²) in [6, 6.07) is 18.2. The second-order valence-electron chi connectivity index (χ2n) is 7.87. The summed E-state index contributed by atoms with van der Waals surface area (Å²) >= 11 is 0. The number of nitrogens with one attached hydrogen (secondary N) is 1. The van der Waals surface area contributed by atoms with Crippen molar-refractivity contribution in [1.82, 2.24) is 15.3 Å². The maximum absolute atomic E-state index is 13.5. The van der Waals surface area contributed by atoms with Gasteiger partial charge in [0.1, 0.15) is 5.82 Å². The van der Waals surface area contributed by atoms with Gasteiger partial charge in [-0.15, -0.1) is 0 Å². The predicted octanol–water partition coefficient (Wildman–Crippen LogP) is 2.97. The molecule has 4 unspecified atom stereocenters. The van der Waals surface area contributed by atoms with E-state index in [-0.39, 0.29) is 30.3 Å². The first-order valence-electron chi connectivity index (χ1n) is 10.3. The highest BCUT2D eigenvalue weighted by Gasteiger charge is 2.42. The molecule has 1 aromatic heterocycles. The summed E-state index contributed by atoms with van der Waals surface area (Å²) in [5, 5.41) is 23.8. The van der Waals surface area contributed by atoms with E-state index in [4.69, 9.17) is 4.98 Å². The van der Waals surface area contributed by atoms with Crippen LogP contribution in [0.1, 0.15) is 17.7 Å². The second kappa shape index (κ2) is 9.43. The first kappa shape index (κ1) is 20.6. The first-order valence-corrected chi connectivity index (χ1v) is 10.3. The Hall–Kier alpha value is -2.67. The van der Waals surface area contributed by atoms with E-state index in [1.54, 1.807) is 12.3 Å². The summed E-state index contributed by atoms with van der Waals surface area (Å²) in [5.41, 5.74) is 2.67. The molecule has 0 amide bonds. The number of benzene rings is 2. The maximum atomic E-state index is 13.5. The summed E-state index contributed by atoms with van der Waals surface area (Å²) in [6.45, 7) is 0.420. The van der Waals surface area contributed by atoms with Crippen molar-refractivity contribution in [1.29, 1.82) is 0 Å². The van der Waals surface area contributed by atoms with Crippen LogP contribution in [0.4, 0.5) is 4.39 Å². The molecule has 0 spiro atoms. The van der Waals surface area contributed by atoms with E-state index in [1.165, 1.54) is 12.1 Å². The van der Waals surface area contributed by atoms with Crippen molar-refractivity contribution in [2.45, 2.75) is 31.5 Å². The Labute approximate surface area is 175 Å². The Morgan fingerprint density at radius 1 is 1.03 bits per heavy atom. The van der Waals surface area contributed by atoms with Crippen molar-refractivity contribution in [2.24, 2.45) is 11.8 Å². The van der Waals surface area contributed by atoms with Gasteiger partial charge >= 0.3 is 0 Å². The molecule has 30 heavy (non-hydrogen) atoms. The third-order valence-electron chi connectivity index (χ3n) is 5.91. The topological polar surface area (TPSA) is 78.3 Å². The molecular formula is C24H26FN3O2. The van der Waals surface area contributed by atoms with E-state index < -0.39 is 6.10 Å². The van der Waals surface area contributed by atoms with Gasteiger partial charge in [0.25, 0.3) is 0 Å². The smallest absolute Gasteiger partial charge is 0.159 e. The molecular weight excluding hydrogens is 381 g/mol. The molecule has 5 nitrogen and oxygen atoms in total. The largest absolute Gasteiger partial charge is 0.396 e. The molecule has 4 rings (SSSR count). The van der Waals surface area contributed by atoms with Crippen LogP contribution in [0.3, 0.4) is 0 Å². The zero-order valence-corrected chi connectivity index (χ0v) is 16.7. The van der Waals surface area contributed by atoms with Crippen LogP contribution < -0.4 is 5.32 Å². The highest BCUT2D eigenvalue weighted by Crippen LogP contribution is 2.35. The lowest BCUT2D eigenvalue weighted by atomic mass is 9.88. The molecule has 1 heterocycles. The lowest BCUT2D eigenvalue weighted by Gasteiger charge is -2.25. The van der Waals surface area contributed by atoms with Crippen molar-refractivity contribution in [3.05, 3.63) is 83.9 Å². The van der Waals surface area contributed by atoms with E-state index in [9.17, 15) is 14.6 Å². The average molecular weight is 407 g/mol. The number of hydrogen-bond donors (Lipinski definition) is 3. The third kappa shape index (κ3) is 4.73. The Balaban J connectivity index is 1.51. The number of aromatic nitrogens is 2. The van der Waals surface area contributed by atoms with E-state index in [1.807, 2.05) is 42.5 Å². The first-order chi connectivity index (χ1) is 14.6. The number of aliphatic hydroxyl groups excluding tert-OH is 2. The Morgan fingerprint density at radius 2 is 1.87 bits per heavy atom. The molecule has 0 aliphatic heterocycles. The summed E-state index contributed by atoms with van der Waals surface area (Å²) in [7, 11) is 0. The summed E-state index contributed by atoms with van der Waals surface area (Å²) in [6.07, 6.45) is 2.33. The molecule has 1 aliphatic rings. The fraction of sp³-hybridized carbons (Fsp3) is 0.333. The summed E-state index contributed by atoms with van der Waals surface area (Å²) in [5.74, 6) is 0.179. The van der Waals surface area contributed by atoms with Gasteiger partial charge in [0.15, 0.2) is 5.82 Å². The van der Waals surface area contributed by atoms with Crippen LogP contribution in [0.25, 0.3) is 11.4 Å². The SMILES string of the molecule is OCC1C(O)CC(NCc2cccc(F)c2)C1Cc1ccnc(-c2ccccc2)n1. The molecule has 1 fully saturated rings. The molecule has 0 radical (unpaired) electrons. The molecule has 156 valence electrons. The van der Waals surface area contributed by atoms with Crippen molar-refractivity contribution in [3.8, 4) is 11.4 Å². The van der Waals surface area contributed by atoms with E-state index in [0.717, 1.165) is 16.8 Å². The molecule has 0 saturated heterocycles. The predicted molar refractivity (Wildman–Crippen MR) is 113 cm³/mol. The van der Waals surface area contributed by atoms with Crippen molar-refractivity contribution in [3.63, 3.8) is 0 Å². The van der Waals surface area contributed by atoms with Gasteiger partial charge in [0.05, 0.1) is 6.10 Å². The standard InChI is InChI=1S/C24H26FN3O2/c25-18-8-4-5-16(11-18)14-27-22-13-23(30)21(15-29)20(22)12-19-9-10-26-24(28-19)17-6-2-1-3-7-17/h1-11,20-23,27,29-30H,12-15H2. The number of rotatable bonds is 7. The number of nitrogens with zero attached hydrogens (tertiary/aromatic N) is 2. The van der Waals surface area contributed by atoms with Gasteiger partial charge in [0, 0.05) is 42.6 Å². The van der Waals surface area contributed by atoms with E-state index >= 15 is 0 Å². The van der Waals surface area contributed by atoms with Gasteiger partial charge in [-0.25, -0.2) is 14.4 Å². The normalized spacial score (nSPS) is 23.6.